The van der Waals surface area contributed by atoms with Crippen LogP contribution < -0.4 is 16.0 Å². The zero-order valence-electron chi connectivity index (χ0n) is 15.5. The first-order chi connectivity index (χ1) is 12.5. The molecule has 1 atom stereocenters. The summed E-state index contributed by atoms with van der Waals surface area (Å²) in [5, 5.41) is 8.02. The van der Waals surface area contributed by atoms with Gasteiger partial charge in [0.25, 0.3) is 0 Å². The minimum absolute atomic E-state index is 0.0495. The van der Waals surface area contributed by atoms with Crippen molar-refractivity contribution in [3.05, 3.63) is 29.8 Å². The number of carbonyl (C=O) groups excluding carboxylic acids is 3. The van der Waals surface area contributed by atoms with Gasteiger partial charge in [-0.25, -0.2) is 4.79 Å². The Bertz CT molecular complexity index is 630. The zero-order chi connectivity index (χ0) is 18.9. The molecule has 0 aliphatic carbocycles. The molecule has 7 heteroatoms. The number of nitrogens with zero attached hydrogens (tertiary/aromatic N) is 1. The van der Waals surface area contributed by atoms with E-state index >= 15 is 0 Å². The summed E-state index contributed by atoms with van der Waals surface area (Å²) in [6.07, 6.45) is 4.54. The molecule has 4 amide bonds. The molecule has 26 heavy (non-hydrogen) atoms. The minimum Gasteiger partial charge on any atom is -0.359 e. The third-order valence-corrected chi connectivity index (χ3v) is 4.52. The summed E-state index contributed by atoms with van der Waals surface area (Å²) in [6, 6.07) is 6.60. The summed E-state index contributed by atoms with van der Waals surface area (Å²) < 4.78 is 0. The van der Waals surface area contributed by atoms with E-state index in [0.717, 1.165) is 12.8 Å². The van der Waals surface area contributed by atoms with Gasteiger partial charge in [0.1, 0.15) is 6.04 Å². The third kappa shape index (κ3) is 5.47. The highest BCUT2D eigenvalue weighted by Crippen LogP contribution is 2.15. The molecule has 1 aromatic rings. The number of aryl methyl sites for hydroxylation is 1. The molecular formula is C19H28N4O3. The third-order valence-electron chi connectivity index (χ3n) is 4.52. The molecule has 1 saturated heterocycles. The number of carbonyl (C=O) groups is 3. The van der Waals surface area contributed by atoms with Gasteiger partial charge in [0.2, 0.25) is 11.8 Å². The number of hydrogen-bond donors (Lipinski definition) is 3. The average molecular weight is 360 g/mol. The molecule has 7 nitrogen and oxygen atoms in total. The van der Waals surface area contributed by atoms with Gasteiger partial charge in [-0.15, -0.1) is 0 Å². The summed E-state index contributed by atoms with van der Waals surface area (Å²) in [5.74, 6) is -0.581. The first-order valence-corrected chi connectivity index (χ1v) is 9.20. The van der Waals surface area contributed by atoms with Crippen molar-refractivity contribution in [1.82, 2.24) is 15.5 Å². The first-order valence-electron chi connectivity index (χ1n) is 9.20. The van der Waals surface area contributed by atoms with Gasteiger partial charge in [-0.3, -0.25) is 9.59 Å². The lowest BCUT2D eigenvalue weighted by Gasteiger charge is -2.34. The number of nitrogens with one attached hydrogen (secondary N) is 3. The minimum atomic E-state index is -0.794. The van der Waals surface area contributed by atoms with Crippen LogP contribution in [0.3, 0.4) is 0 Å². The average Bonchev–Trinajstić information content (AvgIpc) is 2.64. The second-order valence-electron chi connectivity index (χ2n) is 6.46. The fourth-order valence-corrected chi connectivity index (χ4v) is 2.97. The van der Waals surface area contributed by atoms with Crippen molar-refractivity contribution in [3.63, 3.8) is 0 Å². The van der Waals surface area contributed by atoms with E-state index in [1.54, 1.807) is 0 Å². The summed E-state index contributed by atoms with van der Waals surface area (Å²) in [6.45, 7) is 2.93. The number of anilines is 1. The molecular weight excluding hydrogens is 332 g/mol. The van der Waals surface area contributed by atoms with E-state index in [1.165, 1.54) is 30.4 Å². The van der Waals surface area contributed by atoms with E-state index < -0.39 is 6.04 Å². The summed E-state index contributed by atoms with van der Waals surface area (Å²) in [7, 11) is 1.51. The Morgan fingerprint density at radius 2 is 1.96 bits per heavy atom. The zero-order valence-corrected chi connectivity index (χ0v) is 15.5. The highest BCUT2D eigenvalue weighted by molar-refractivity contribution is 5.96. The van der Waals surface area contributed by atoms with Gasteiger partial charge >= 0.3 is 6.03 Å². The number of amides is 4. The van der Waals surface area contributed by atoms with Crippen LogP contribution in [0.1, 0.15) is 38.2 Å². The van der Waals surface area contributed by atoms with Crippen molar-refractivity contribution in [2.45, 2.75) is 45.1 Å². The largest absolute Gasteiger partial charge is 0.359 e. The van der Waals surface area contributed by atoms with Gasteiger partial charge in [-0.1, -0.05) is 31.9 Å². The van der Waals surface area contributed by atoms with Gasteiger partial charge < -0.3 is 20.9 Å². The molecule has 2 rings (SSSR count). The maximum absolute atomic E-state index is 12.6. The highest BCUT2D eigenvalue weighted by atomic mass is 16.2. The molecule has 0 saturated carbocycles. The Morgan fingerprint density at radius 1 is 1.23 bits per heavy atom. The van der Waals surface area contributed by atoms with Crippen LogP contribution in [0.2, 0.25) is 0 Å². The van der Waals surface area contributed by atoms with Crippen molar-refractivity contribution in [3.8, 4) is 0 Å². The molecule has 142 valence electrons. The fraction of sp³-hybridized carbons (Fsp3) is 0.526. The van der Waals surface area contributed by atoms with E-state index in [4.69, 9.17) is 0 Å². The number of piperazine rings is 1. The molecule has 0 spiro atoms. The van der Waals surface area contributed by atoms with Crippen LogP contribution in [0.25, 0.3) is 0 Å². The van der Waals surface area contributed by atoms with Crippen molar-refractivity contribution >= 4 is 23.5 Å². The van der Waals surface area contributed by atoms with Crippen LogP contribution in [0.4, 0.5) is 10.5 Å². The fourth-order valence-electron chi connectivity index (χ4n) is 2.97. The SMILES string of the molecule is CCCCCc1ccc(NC(=O)N2CCNC(=O)[C@H]2CC(=O)NC)cc1. The van der Waals surface area contributed by atoms with E-state index in [0.29, 0.717) is 18.8 Å². The van der Waals surface area contributed by atoms with E-state index in [-0.39, 0.29) is 24.3 Å². The monoisotopic (exact) mass is 360 g/mol. The molecule has 1 heterocycles. The van der Waals surface area contributed by atoms with Crippen molar-refractivity contribution in [1.29, 1.82) is 0 Å². The van der Waals surface area contributed by atoms with Gasteiger partial charge in [-0.2, -0.15) is 0 Å². The van der Waals surface area contributed by atoms with Crippen LogP contribution in [0.5, 0.6) is 0 Å². The molecule has 3 N–H and O–H groups in total. The number of rotatable bonds is 7. The van der Waals surface area contributed by atoms with Crippen molar-refractivity contribution < 1.29 is 14.4 Å². The Kier molecular flexibility index (Phi) is 7.44. The Morgan fingerprint density at radius 3 is 2.62 bits per heavy atom. The van der Waals surface area contributed by atoms with Gasteiger partial charge in [0.05, 0.1) is 6.42 Å². The number of benzene rings is 1. The second-order valence-corrected chi connectivity index (χ2v) is 6.46. The Hall–Kier alpha value is -2.57. The topological polar surface area (TPSA) is 90.5 Å². The number of hydrogen-bond acceptors (Lipinski definition) is 3. The van der Waals surface area contributed by atoms with Crippen molar-refractivity contribution in [2.24, 2.45) is 0 Å². The maximum Gasteiger partial charge on any atom is 0.322 e. The maximum atomic E-state index is 12.6. The van der Waals surface area contributed by atoms with Gasteiger partial charge in [0, 0.05) is 25.8 Å². The van der Waals surface area contributed by atoms with E-state index in [1.807, 2.05) is 24.3 Å². The van der Waals surface area contributed by atoms with Crippen molar-refractivity contribution in [2.75, 3.05) is 25.5 Å². The van der Waals surface area contributed by atoms with Crippen LogP contribution >= 0.6 is 0 Å². The Balaban J connectivity index is 1.98. The quantitative estimate of drug-likeness (QED) is 0.649. The molecule has 1 fully saturated rings. The summed E-state index contributed by atoms with van der Waals surface area (Å²) >= 11 is 0. The summed E-state index contributed by atoms with van der Waals surface area (Å²) in [4.78, 5) is 37.7. The Labute approximate surface area is 154 Å². The molecule has 0 aromatic heterocycles. The number of unbranched alkanes of at least 4 members (excludes halogenated alkanes) is 2. The first kappa shape index (κ1) is 19.8. The van der Waals surface area contributed by atoms with Gasteiger partial charge in [0.15, 0.2) is 0 Å². The molecule has 0 unspecified atom stereocenters. The number of urea groups is 1. The molecule has 0 bridgehead atoms. The molecule has 1 aromatic carbocycles. The molecule has 0 radical (unpaired) electrons. The normalized spacial score (nSPS) is 16.8. The van der Waals surface area contributed by atoms with Crippen LogP contribution in [-0.4, -0.2) is 48.9 Å². The second kappa shape index (κ2) is 9.79. The molecule has 1 aliphatic heterocycles. The van der Waals surface area contributed by atoms with Crippen LogP contribution in [-0.2, 0) is 16.0 Å². The lowest BCUT2D eigenvalue weighted by Crippen LogP contribution is -2.59. The lowest BCUT2D eigenvalue weighted by atomic mass is 10.1. The predicted molar refractivity (Wildman–Crippen MR) is 101 cm³/mol. The van der Waals surface area contributed by atoms with Crippen LogP contribution in [0.15, 0.2) is 24.3 Å². The highest BCUT2D eigenvalue weighted by Gasteiger charge is 2.34. The van der Waals surface area contributed by atoms with E-state index in [2.05, 4.69) is 22.9 Å². The predicted octanol–water partition coefficient (Wildman–Crippen LogP) is 1.89. The molecule has 1 aliphatic rings. The smallest absolute Gasteiger partial charge is 0.322 e. The van der Waals surface area contributed by atoms with E-state index in [9.17, 15) is 14.4 Å². The standard InChI is InChI=1S/C19H28N4O3/c1-3-4-5-6-14-7-9-15(10-8-14)22-19(26)23-12-11-21-18(25)16(23)13-17(24)20-2/h7-10,16H,3-6,11-13H2,1-2H3,(H,20,24)(H,21,25)(H,22,26)/t16-/m1/s1. The van der Waals surface area contributed by atoms with Crippen LogP contribution in [0, 0.1) is 0 Å². The van der Waals surface area contributed by atoms with Gasteiger partial charge in [-0.05, 0) is 30.5 Å². The summed E-state index contributed by atoms with van der Waals surface area (Å²) in [5.41, 5.74) is 1.92. The lowest BCUT2D eigenvalue weighted by molar-refractivity contribution is -0.132.